The van der Waals surface area contributed by atoms with Crippen molar-refractivity contribution in [1.82, 2.24) is 4.90 Å². The van der Waals surface area contributed by atoms with E-state index in [9.17, 15) is 4.79 Å². The average molecular weight is 340 g/mol. The molecule has 140 valence electrons. The molecule has 4 heteroatoms. The predicted octanol–water partition coefficient (Wildman–Crippen LogP) is 5.01. The number of rotatable bonds is 13. The SMILES string of the molecule is CCCCN(CC)CCC(C)O/C(CC)=C(C)/C=C(\CC)C(=O)O. The minimum atomic E-state index is -0.852. The van der Waals surface area contributed by atoms with Gasteiger partial charge in [0.1, 0.15) is 0 Å². The Bertz CT molecular complexity index is 427. The molecular weight excluding hydrogens is 302 g/mol. The maximum atomic E-state index is 11.2. The first-order chi connectivity index (χ1) is 11.4. The minimum Gasteiger partial charge on any atom is -0.495 e. The number of unbranched alkanes of at least 4 members (excludes halogenated alkanes) is 1. The van der Waals surface area contributed by atoms with E-state index in [4.69, 9.17) is 9.84 Å². The number of allylic oxidation sites excluding steroid dienone is 3. The number of ether oxygens (including phenoxy) is 1. The Balaban J connectivity index is 4.74. The van der Waals surface area contributed by atoms with Gasteiger partial charge in [0.25, 0.3) is 0 Å². The summed E-state index contributed by atoms with van der Waals surface area (Å²) < 4.78 is 6.10. The van der Waals surface area contributed by atoms with Crippen molar-refractivity contribution in [3.63, 3.8) is 0 Å². The first-order valence-electron chi connectivity index (χ1n) is 9.41. The number of hydrogen-bond acceptors (Lipinski definition) is 3. The van der Waals surface area contributed by atoms with Gasteiger partial charge in [-0.15, -0.1) is 0 Å². The van der Waals surface area contributed by atoms with Crippen LogP contribution in [0.5, 0.6) is 0 Å². The van der Waals surface area contributed by atoms with Gasteiger partial charge < -0.3 is 14.7 Å². The van der Waals surface area contributed by atoms with Crippen molar-refractivity contribution in [2.24, 2.45) is 0 Å². The van der Waals surface area contributed by atoms with Crippen LogP contribution < -0.4 is 0 Å². The Morgan fingerprint density at radius 3 is 2.29 bits per heavy atom. The lowest BCUT2D eigenvalue weighted by atomic mass is 10.1. The van der Waals surface area contributed by atoms with E-state index in [1.807, 2.05) is 20.8 Å². The number of aliphatic carboxylic acids is 1. The highest BCUT2D eigenvalue weighted by Gasteiger charge is 2.11. The fraction of sp³-hybridized carbons (Fsp3) is 0.750. The molecule has 0 heterocycles. The van der Waals surface area contributed by atoms with E-state index in [1.165, 1.54) is 12.8 Å². The molecule has 0 fully saturated rings. The average Bonchev–Trinajstić information content (AvgIpc) is 2.57. The van der Waals surface area contributed by atoms with E-state index >= 15 is 0 Å². The predicted molar refractivity (Wildman–Crippen MR) is 101 cm³/mol. The zero-order chi connectivity index (χ0) is 18.5. The van der Waals surface area contributed by atoms with Crippen molar-refractivity contribution < 1.29 is 14.6 Å². The number of nitrogens with zero attached hydrogens (tertiary/aromatic N) is 1. The summed E-state index contributed by atoms with van der Waals surface area (Å²) >= 11 is 0. The van der Waals surface area contributed by atoms with Crippen LogP contribution in [-0.2, 0) is 9.53 Å². The quantitative estimate of drug-likeness (QED) is 0.291. The van der Waals surface area contributed by atoms with E-state index in [1.54, 1.807) is 6.08 Å². The lowest BCUT2D eigenvalue weighted by molar-refractivity contribution is -0.132. The van der Waals surface area contributed by atoms with Crippen LogP contribution >= 0.6 is 0 Å². The van der Waals surface area contributed by atoms with Crippen LogP contribution in [0.2, 0.25) is 0 Å². The molecule has 0 aliphatic heterocycles. The molecule has 0 aromatic carbocycles. The van der Waals surface area contributed by atoms with Gasteiger partial charge in [0.15, 0.2) is 0 Å². The topological polar surface area (TPSA) is 49.8 Å². The van der Waals surface area contributed by atoms with Gasteiger partial charge in [0, 0.05) is 18.5 Å². The zero-order valence-electron chi connectivity index (χ0n) is 16.5. The highest BCUT2D eigenvalue weighted by atomic mass is 16.5. The first kappa shape index (κ1) is 22.7. The summed E-state index contributed by atoms with van der Waals surface area (Å²) in [5.41, 5.74) is 1.34. The molecule has 0 radical (unpaired) electrons. The summed E-state index contributed by atoms with van der Waals surface area (Å²) in [6, 6.07) is 0. The summed E-state index contributed by atoms with van der Waals surface area (Å²) in [5, 5.41) is 9.16. The maximum Gasteiger partial charge on any atom is 0.331 e. The van der Waals surface area contributed by atoms with Crippen molar-refractivity contribution in [3.8, 4) is 0 Å². The number of carbonyl (C=O) groups is 1. The Morgan fingerprint density at radius 2 is 1.83 bits per heavy atom. The highest BCUT2D eigenvalue weighted by Crippen LogP contribution is 2.18. The number of hydrogen-bond donors (Lipinski definition) is 1. The van der Waals surface area contributed by atoms with Crippen molar-refractivity contribution in [2.45, 2.75) is 79.8 Å². The third-order valence-electron chi connectivity index (χ3n) is 4.28. The second kappa shape index (κ2) is 13.1. The smallest absolute Gasteiger partial charge is 0.331 e. The summed E-state index contributed by atoms with van der Waals surface area (Å²) in [4.78, 5) is 13.6. The maximum absolute atomic E-state index is 11.2. The molecule has 0 spiro atoms. The molecule has 1 unspecified atom stereocenters. The summed E-state index contributed by atoms with van der Waals surface area (Å²) in [6.07, 6.45) is 6.61. The van der Waals surface area contributed by atoms with Gasteiger partial charge >= 0.3 is 5.97 Å². The molecule has 0 aliphatic carbocycles. The molecule has 0 aromatic rings. The van der Waals surface area contributed by atoms with E-state index in [0.717, 1.165) is 43.8 Å². The van der Waals surface area contributed by atoms with E-state index in [0.29, 0.717) is 12.0 Å². The van der Waals surface area contributed by atoms with E-state index in [2.05, 4.69) is 25.7 Å². The fourth-order valence-corrected chi connectivity index (χ4v) is 2.59. The third-order valence-corrected chi connectivity index (χ3v) is 4.28. The van der Waals surface area contributed by atoms with Crippen LogP contribution in [0.4, 0.5) is 0 Å². The van der Waals surface area contributed by atoms with Crippen LogP contribution in [-0.4, -0.2) is 41.7 Å². The molecule has 1 atom stereocenters. The fourth-order valence-electron chi connectivity index (χ4n) is 2.59. The molecule has 24 heavy (non-hydrogen) atoms. The van der Waals surface area contributed by atoms with Crippen LogP contribution in [0, 0.1) is 0 Å². The second-order valence-corrected chi connectivity index (χ2v) is 6.29. The van der Waals surface area contributed by atoms with Gasteiger partial charge in [0.05, 0.1) is 11.9 Å². The van der Waals surface area contributed by atoms with Crippen LogP contribution in [0.1, 0.15) is 73.6 Å². The van der Waals surface area contributed by atoms with E-state index in [-0.39, 0.29) is 6.10 Å². The highest BCUT2D eigenvalue weighted by molar-refractivity contribution is 5.87. The standard InChI is InChI=1S/C20H37NO3/c1-7-11-13-21(10-4)14-12-17(6)24-19(9-3)16(5)15-18(8-2)20(22)23/h15,17H,7-14H2,1-6H3,(H,22,23)/b18-15+,19-16+. The lowest BCUT2D eigenvalue weighted by Crippen LogP contribution is -2.28. The van der Waals surface area contributed by atoms with Gasteiger partial charge in [-0.1, -0.05) is 34.1 Å². The number of carboxylic acids is 1. The summed E-state index contributed by atoms with van der Waals surface area (Å²) in [5.74, 6) is 0.0427. The van der Waals surface area contributed by atoms with Crippen molar-refractivity contribution in [3.05, 3.63) is 23.0 Å². The Labute approximate surface area is 148 Å². The second-order valence-electron chi connectivity index (χ2n) is 6.29. The van der Waals surface area contributed by atoms with Crippen LogP contribution in [0.25, 0.3) is 0 Å². The molecule has 0 saturated heterocycles. The molecule has 1 N–H and O–H groups in total. The van der Waals surface area contributed by atoms with Gasteiger partial charge in [-0.2, -0.15) is 0 Å². The molecule has 0 saturated carbocycles. The lowest BCUT2D eigenvalue weighted by Gasteiger charge is -2.24. The molecule has 0 rings (SSSR count). The van der Waals surface area contributed by atoms with E-state index < -0.39 is 5.97 Å². The van der Waals surface area contributed by atoms with Gasteiger partial charge in [-0.25, -0.2) is 4.79 Å². The Hall–Kier alpha value is -1.29. The summed E-state index contributed by atoms with van der Waals surface area (Å²) in [6.45, 7) is 15.6. The van der Waals surface area contributed by atoms with Gasteiger partial charge in [-0.3, -0.25) is 0 Å². The molecule has 0 amide bonds. The normalized spacial score (nSPS) is 14.5. The Kier molecular flexibility index (Phi) is 12.4. The number of carboxylic acid groups (broad SMARTS) is 1. The van der Waals surface area contributed by atoms with Gasteiger partial charge in [0.2, 0.25) is 0 Å². The molecule has 4 nitrogen and oxygen atoms in total. The largest absolute Gasteiger partial charge is 0.495 e. The Morgan fingerprint density at radius 1 is 1.17 bits per heavy atom. The van der Waals surface area contributed by atoms with Gasteiger partial charge in [-0.05, 0) is 57.8 Å². The molecule has 0 bridgehead atoms. The first-order valence-corrected chi connectivity index (χ1v) is 9.41. The monoisotopic (exact) mass is 339 g/mol. The minimum absolute atomic E-state index is 0.133. The molecular formula is C20H37NO3. The van der Waals surface area contributed by atoms with Crippen molar-refractivity contribution >= 4 is 5.97 Å². The third kappa shape index (κ3) is 9.11. The molecule has 0 aromatic heterocycles. The molecule has 0 aliphatic rings. The summed E-state index contributed by atoms with van der Waals surface area (Å²) in [7, 11) is 0. The van der Waals surface area contributed by atoms with Crippen LogP contribution in [0.3, 0.4) is 0 Å². The van der Waals surface area contributed by atoms with Crippen molar-refractivity contribution in [2.75, 3.05) is 19.6 Å². The van der Waals surface area contributed by atoms with Crippen LogP contribution in [0.15, 0.2) is 23.0 Å². The zero-order valence-corrected chi connectivity index (χ0v) is 16.5. The van der Waals surface area contributed by atoms with Crippen molar-refractivity contribution in [1.29, 1.82) is 0 Å².